The monoisotopic (exact) mass is 443 g/mol. The molecule has 9 heteroatoms. The quantitative estimate of drug-likeness (QED) is 0.671. The van der Waals surface area contributed by atoms with Crippen molar-refractivity contribution in [2.45, 2.75) is 31.1 Å². The number of hydrogen-bond acceptors (Lipinski definition) is 6. The molecule has 0 aromatic heterocycles. The summed E-state index contributed by atoms with van der Waals surface area (Å²) >= 11 is 0. The summed E-state index contributed by atoms with van der Waals surface area (Å²) in [5.41, 5.74) is 0.762. The predicted octanol–water partition coefficient (Wildman–Crippen LogP) is 3.15. The molecule has 0 atom stereocenters. The average molecular weight is 444 g/mol. The number of hydrogen-bond donors (Lipinski definition) is 1. The lowest BCUT2D eigenvalue weighted by Gasteiger charge is -2.26. The van der Waals surface area contributed by atoms with Crippen molar-refractivity contribution in [2.24, 2.45) is 0 Å². The standard InChI is InChI=1S/C22H25N3O5S/c1-2-29-21-11-10-19(31(27,28)25-12-4-3-5-13-25)14-20(21)24-22(26)16-30-18-8-6-17(15-23)7-9-18/h6-11,14H,2-5,12-13,16H2,1H3,(H,24,26). The van der Waals surface area contributed by atoms with Crippen molar-refractivity contribution in [3.8, 4) is 17.6 Å². The molecule has 0 unspecified atom stereocenters. The minimum absolute atomic E-state index is 0.112. The molecule has 1 amide bonds. The third-order valence-corrected chi connectivity index (χ3v) is 6.73. The van der Waals surface area contributed by atoms with Crippen LogP contribution in [0.3, 0.4) is 0 Å². The highest BCUT2D eigenvalue weighted by atomic mass is 32.2. The van der Waals surface area contributed by atoms with E-state index >= 15 is 0 Å². The lowest BCUT2D eigenvalue weighted by atomic mass is 10.2. The van der Waals surface area contributed by atoms with Crippen molar-refractivity contribution in [3.05, 3.63) is 48.0 Å². The Morgan fingerprint density at radius 1 is 1.10 bits per heavy atom. The molecule has 0 saturated carbocycles. The van der Waals surface area contributed by atoms with Crippen molar-refractivity contribution in [2.75, 3.05) is 31.6 Å². The van der Waals surface area contributed by atoms with E-state index in [1.165, 1.54) is 16.4 Å². The Morgan fingerprint density at radius 3 is 2.45 bits per heavy atom. The molecule has 0 spiro atoms. The molecule has 1 N–H and O–H groups in total. The van der Waals surface area contributed by atoms with Crippen LogP contribution in [-0.4, -0.2) is 44.9 Å². The van der Waals surface area contributed by atoms with E-state index in [0.717, 1.165) is 19.3 Å². The zero-order valence-corrected chi connectivity index (χ0v) is 18.2. The first-order chi connectivity index (χ1) is 14.9. The summed E-state index contributed by atoms with van der Waals surface area (Å²) in [5, 5.41) is 11.5. The molecule has 2 aromatic carbocycles. The molecule has 164 valence electrons. The van der Waals surface area contributed by atoms with E-state index in [9.17, 15) is 13.2 Å². The van der Waals surface area contributed by atoms with Crippen LogP contribution in [0.5, 0.6) is 11.5 Å². The predicted molar refractivity (Wildman–Crippen MR) is 116 cm³/mol. The lowest BCUT2D eigenvalue weighted by molar-refractivity contribution is -0.118. The topological polar surface area (TPSA) is 109 Å². The molecule has 8 nitrogen and oxygen atoms in total. The fourth-order valence-corrected chi connectivity index (χ4v) is 4.81. The van der Waals surface area contributed by atoms with Crippen LogP contribution in [0.25, 0.3) is 0 Å². The Labute approximate surface area is 182 Å². The maximum atomic E-state index is 13.0. The number of carbonyl (C=O) groups is 1. The Balaban J connectivity index is 1.74. The summed E-state index contributed by atoms with van der Waals surface area (Å²) in [5.74, 6) is 0.366. The Kier molecular flexibility index (Phi) is 7.50. The highest BCUT2D eigenvalue weighted by molar-refractivity contribution is 7.89. The molecule has 0 radical (unpaired) electrons. The SMILES string of the molecule is CCOc1ccc(S(=O)(=O)N2CCCCC2)cc1NC(=O)COc1ccc(C#N)cc1. The minimum atomic E-state index is -3.65. The zero-order chi connectivity index (χ0) is 22.3. The molecule has 0 aliphatic carbocycles. The molecule has 0 bridgehead atoms. The van der Waals surface area contributed by atoms with E-state index in [1.807, 2.05) is 6.07 Å². The largest absolute Gasteiger partial charge is 0.492 e. The number of anilines is 1. The van der Waals surface area contributed by atoms with Crippen molar-refractivity contribution in [1.82, 2.24) is 4.31 Å². The van der Waals surface area contributed by atoms with Crippen LogP contribution in [0.2, 0.25) is 0 Å². The van der Waals surface area contributed by atoms with Gasteiger partial charge in [0.05, 0.1) is 28.8 Å². The maximum Gasteiger partial charge on any atom is 0.262 e. The van der Waals surface area contributed by atoms with Crippen LogP contribution < -0.4 is 14.8 Å². The van der Waals surface area contributed by atoms with Crippen molar-refractivity contribution in [3.63, 3.8) is 0 Å². The molecular formula is C22H25N3O5S. The van der Waals surface area contributed by atoms with Gasteiger partial charge >= 0.3 is 0 Å². The summed E-state index contributed by atoms with van der Waals surface area (Å²) in [6.45, 7) is 2.88. The molecule has 1 fully saturated rings. The first-order valence-electron chi connectivity index (χ1n) is 10.1. The second-order valence-electron chi connectivity index (χ2n) is 7.03. The van der Waals surface area contributed by atoms with E-state index in [0.29, 0.717) is 36.8 Å². The molecule has 31 heavy (non-hydrogen) atoms. The van der Waals surface area contributed by atoms with E-state index in [2.05, 4.69) is 5.32 Å². The van der Waals surface area contributed by atoms with Crippen LogP contribution in [0.15, 0.2) is 47.4 Å². The number of benzene rings is 2. The maximum absolute atomic E-state index is 13.0. The van der Waals surface area contributed by atoms with Gasteiger partial charge in [0.1, 0.15) is 11.5 Å². The highest BCUT2D eigenvalue weighted by Crippen LogP contribution is 2.30. The number of nitrogens with zero attached hydrogens (tertiary/aromatic N) is 2. The van der Waals surface area contributed by atoms with Gasteiger partial charge in [0.15, 0.2) is 6.61 Å². The van der Waals surface area contributed by atoms with Gasteiger partial charge in [-0.1, -0.05) is 6.42 Å². The molecule has 2 aromatic rings. The number of amides is 1. The van der Waals surface area contributed by atoms with Gasteiger partial charge in [-0.25, -0.2) is 8.42 Å². The van der Waals surface area contributed by atoms with Gasteiger partial charge in [0, 0.05) is 13.1 Å². The van der Waals surface area contributed by atoms with E-state index in [1.54, 1.807) is 37.3 Å². The number of ether oxygens (including phenoxy) is 2. The van der Waals surface area contributed by atoms with E-state index in [-0.39, 0.29) is 17.2 Å². The second-order valence-corrected chi connectivity index (χ2v) is 8.97. The number of piperidine rings is 1. The first-order valence-corrected chi connectivity index (χ1v) is 11.6. The molecule has 1 aliphatic heterocycles. The normalized spacial score (nSPS) is 14.5. The minimum Gasteiger partial charge on any atom is -0.492 e. The van der Waals surface area contributed by atoms with Gasteiger partial charge in [-0.05, 0) is 62.2 Å². The summed E-state index contributed by atoms with van der Waals surface area (Å²) in [4.78, 5) is 12.5. The number of nitriles is 1. The average Bonchev–Trinajstić information content (AvgIpc) is 2.80. The van der Waals surface area contributed by atoms with Crippen LogP contribution in [0.4, 0.5) is 5.69 Å². The number of nitrogens with one attached hydrogen (secondary N) is 1. The fraction of sp³-hybridized carbons (Fsp3) is 0.364. The van der Waals surface area contributed by atoms with Gasteiger partial charge in [-0.3, -0.25) is 4.79 Å². The second kappa shape index (κ2) is 10.3. The van der Waals surface area contributed by atoms with Crippen LogP contribution >= 0.6 is 0 Å². The fourth-order valence-electron chi connectivity index (χ4n) is 3.26. The molecule has 3 rings (SSSR count). The van der Waals surface area contributed by atoms with Crippen molar-refractivity contribution >= 4 is 21.6 Å². The zero-order valence-electron chi connectivity index (χ0n) is 17.3. The van der Waals surface area contributed by atoms with E-state index < -0.39 is 15.9 Å². The van der Waals surface area contributed by atoms with Crippen LogP contribution in [-0.2, 0) is 14.8 Å². The van der Waals surface area contributed by atoms with Gasteiger partial charge in [0.2, 0.25) is 10.0 Å². The summed E-state index contributed by atoms with van der Waals surface area (Å²) in [6, 6.07) is 12.9. The highest BCUT2D eigenvalue weighted by Gasteiger charge is 2.27. The van der Waals surface area contributed by atoms with Crippen molar-refractivity contribution in [1.29, 1.82) is 5.26 Å². The first kappa shape index (κ1) is 22.6. The number of carbonyl (C=O) groups excluding carboxylic acids is 1. The van der Waals surface area contributed by atoms with Gasteiger partial charge in [-0.2, -0.15) is 9.57 Å². The third-order valence-electron chi connectivity index (χ3n) is 4.83. The van der Waals surface area contributed by atoms with E-state index in [4.69, 9.17) is 14.7 Å². The van der Waals surface area contributed by atoms with Crippen LogP contribution in [0, 0.1) is 11.3 Å². The third kappa shape index (κ3) is 5.75. The van der Waals surface area contributed by atoms with Gasteiger partial charge < -0.3 is 14.8 Å². The number of rotatable bonds is 8. The number of sulfonamides is 1. The molecule has 1 heterocycles. The van der Waals surface area contributed by atoms with Crippen molar-refractivity contribution < 1.29 is 22.7 Å². The van der Waals surface area contributed by atoms with Gasteiger partial charge in [0.25, 0.3) is 5.91 Å². The summed E-state index contributed by atoms with van der Waals surface area (Å²) in [6.07, 6.45) is 2.70. The lowest BCUT2D eigenvalue weighted by Crippen LogP contribution is -2.35. The van der Waals surface area contributed by atoms with Crippen LogP contribution in [0.1, 0.15) is 31.7 Å². The Morgan fingerprint density at radius 2 is 1.81 bits per heavy atom. The molecule has 1 saturated heterocycles. The van der Waals surface area contributed by atoms with Gasteiger partial charge in [-0.15, -0.1) is 0 Å². The smallest absolute Gasteiger partial charge is 0.262 e. The Hall–Kier alpha value is -3.09. The molecular weight excluding hydrogens is 418 g/mol. The Bertz CT molecular complexity index is 1060. The summed E-state index contributed by atoms with van der Waals surface area (Å²) in [7, 11) is -3.65. The molecule has 1 aliphatic rings. The summed E-state index contributed by atoms with van der Waals surface area (Å²) < 4.78 is 38.4.